The summed E-state index contributed by atoms with van der Waals surface area (Å²) in [6.07, 6.45) is -4.52. The van der Waals surface area contributed by atoms with Gasteiger partial charge in [-0.3, -0.25) is 10.2 Å². The van der Waals surface area contributed by atoms with Gasteiger partial charge in [-0.15, -0.1) is 0 Å². The molecule has 0 aromatic heterocycles. The minimum absolute atomic E-state index is 0.0184. The third-order valence-corrected chi connectivity index (χ3v) is 5.26. The Morgan fingerprint density at radius 3 is 2.09 bits per heavy atom. The number of aromatic hydroxyl groups is 1. The van der Waals surface area contributed by atoms with Gasteiger partial charge in [-0.05, 0) is 47.5 Å². The number of hydrogen-bond acceptors (Lipinski definition) is 3. The maximum Gasteiger partial charge on any atom is 0.416 e. The summed E-state index contributed by atoms with van der Waals surface area (Å²) in [5.74, 6) is -3.24. The van der Waals surface area contributed by atoms with E-state index in [1.807, 2.05) is 0 Å². The molecule has 9 heteroatoms. The zero-order chi connectivity index (χ0) is 24.2. The number of benzene rings is 3. The number of alkyl halides is 3. The highest BCUT2D eigenvalue weighted by Crippen LogP contribution is 2.35. The van der Waals surface area contributed by atoms with Crippen LogP contribution in [-0.4, -0.2) is 23.4 Å². The van der Waals surface area contributed by atoms with Crippen molar-refractivity contribution >= 4 is 11.7 Å². The lowest BCUT2D eigenvalue weighted by molar-refractivity contribution is -0.137. The standard InChI is InChI=1S/C24H21F4N3O2/c25-17-11-7-15(8-12-17)21(22(29)30)19(14-5-9-16(10-6-14)24(26,27)28)13-31-23(33)18-3-1-2-4-20(18)32/h1-12,19,21,32H,13H2,(H3,29,30)(H,31,33). The van der Waals surface area contributed by atoms with Crippen molar-refractivity contribution in [2.75, 3.05) is 6.54 Å². The smallest absolute Gasteiger partial charge is 0.416 e. The number of carbonyl (C=O) groups is 1. The van der Waals surface area contributed by atoms with Crippen molar-refractivity contribution in [1.82, 2.24) is 5.32 Å². The number of para-hydroxylation sites is 1. The first kappa shape index (κ1) is 23.8. The molecular formula is C24H21F4N3O2. The van der Waals surface area contributed by atoms with Crippen LogP contribution in [0.5, 0.6) is 5.75 Å². The third-order valence-electron chi connectivity index (χ3n) is 5.26. The number of amides is 1. The molecule has 2 unspecified atom stereocenters. The van der Waals surface area contributed by atoms with E-state index >= 15 is 0 Å². The Labute approximate surface area is 187 Å². The number of phenols is 1. The van der Waals surface area contributed by atoms with Crippen LogP contribution in [0.4, 0.5) is 17.6 Å². The lowest BCUT2D eigenvalue weighted by atomic mass is 9.80. The lowest BCUT2D eigenvalue weighted by Crippen LogP contribution is -2.35. The van der Waals surface area contributed by atoms with Crippen LogP contribution in [-0.2, 0) is 6.18 Å². The molecular weight excluding hydrogens is 438 g/mol. The number of rotatable bonds is 7. The van der Waals surface area contributed by atoms with Crippen molar-refractivity contribution in [3.05, 3.63) is 101 Å². The molecule has 33 heavy (non-hydrogen) atoms. The zero-order valence-corrected chi connectivity index (χ0v) is 17.2. The zero-order valence-electron chi connectivity index (χ0n) is 17.2. The van der Waals surface area contributed by atoms with Gasteiger partial charge in [-0.25, -0.2) is 4.39 Å². The predicted octanol–water partition coefficient (Wildman–Crippen LogP) is 4.78. The molecule has 5 N–H and O–H groups in total. The highest BCUT2D eigenvalue weighted by atomic mass is 19.4. The molecule has 0 fully saturated rings. The third kappa shape index (κ3) is 5.68. The van der Waals surface area contributed by atoms with E-state index in [-0.39, 0.29) is 23.7 Å². The molecule has 0 aliphatic heterocycles. The molecule has 0 saturated carbocycles. The minimum Gasteiger partial charge on any atom is -0.507 e. The molecule has 0 bridgehead atoms. The molecule has 3 aromatic rings. The fraction of sp³-hybridized carbons (Fsp3) is 0.167. The molecule has 0 radical (unpaired) electrons. The molecule has 0 saturated heterocycles. The molecule has 0 heterocycles. The van der Waals surface area contributed by atoms with Gasteiger partial charge in [0.05, 0.1) is 17.0 Å². The van der Waals surface area contributed by atoms with Gasteiger partial charge < -0.3 is 16.2 Å². The maximum absolute atomic E-state index is 13.4. The topological polar surface area (TPSA) is 99.2 Å². The molecule has 0 aliphatic carbocycles. The Kier molecular flexibility index (Phi) is 7.01. The first-order valence-corrected chi connectivity index (χ1v) is 9.90. The summed E-state index contributed by atoms with van der Waals surface area (Å²) in [5.41, 5.74) is 5.87. The molecule has 0 spiro atoms. The van der Waals surface area contributed by atoms with E-state index < -0.39 is 35.3 Å². The van der Waals surface area contributed by atoms with E-state index in [1.165, 1.54) is 48.5 Å². The van der Waals surface area contributed by atoms with Crippen molar-refractivity contribution in [3.8, 4) is 5.75 Å². The number of halogens is 4. The van der Waals surface area contributed by atoms with E-state index in [2.05, 4.69) is 5.32 Å². The summed E-state index contributed by atoms with van der Waals surface area (Å²) in [4.78, 5) is 12.6. The van der Waals surface area contributed by atoms with Gasteiger partial charge in [-0.1, -0.05) is 36.4 Å². The largest absolute Gasteiger partial charge is 0.507 e. The molecule has 2 atom stereocenters. The average Bonchev–Trinajstić information content (AvgIpc) is 2.77. The van der Waals surface area contributed by atoms with Crippen LogP contribution in [0.2, 0.25) is 0 Å². The molecule has 1 amide bonds. The van der Waals surface area contributed by atoms with E-state index in [4.69, 9.17) is 11.1 Å². The first-order chi connectivity index (χ1) is 15.6. The van der Waals surface area contributed by atoms with Gasteiger partial charge in [0.15, 0.2) is 0 Å². The number of carbonyl (C=O) groups excluding carboxylic acids is 1. The van der Waals surface area contributed by atoms with Crippen LogP contribution in [0.1, 0.15) is 38.9 Å². The van der Waals surface area contributed by atoms with E-state index in [1.54, 1.807) is 12.1 Å². The predicted molar refractivity (Wildman–Crippen MR) is 116 cm³/mol. The van der Waals surface area contributed by atoms with Gasteiger partial charge in [0.1, 0.15) is 11.6 Å². The first-order valence-electron chi connectivity index (χ1n) is 9.90. The quantitative estimate of drug-likeness (QED) is 0.232. The number of amidine groups is 1. The summed E-state index contributed by atoms with van der Waals surface area (Å²) in [7, 11) is 0. The van der Waals surface area contributed by atoms with Gasteiger partial charge in [0.25, 0.3) is 5.91 Å². The lowest BCUT2D eigenvalue weighted by Gasteiger charge is -2.28. The molecule has 172 valence electrons. The summed E-state index contributed by atoms with van der Waals surface area (Å²) < 4.78 is 52.5. The average molecular weight is 459 g/mol. The van der Waals surface area contributed by atoms with Crippen LogP contribution < -0.4 is 11.1 Å². The van der Waals surface area contributed by atoms with Gasteiger partial charge in [0, 0.05) is 18.4 Å². The Hall–Kier alpha value is -3.88. The Morgan fingerprint density at radius 2 is 1.55 bits per heavy atom. The second-order valence-electron chi connectivity index (χ2n) is 7.44. The molecule has 3 aromatic carbocycles. The molecule has 3 rings (SSSR count). The number of nitrogens with two attached hydrogens (primary N) is 1. The van der Waals surface area contributed by atoms with Crippen LogP contribution in [0.25, 0.3) is 0 Å². The van der Waals surface area contributed by atoms with Gasteiger partial charge in [-0.2, -0.15) is 13.2 Å². The normalized spacial score (nSPS) is 13.2. The summed E-state index contributed by atoms with van der Waals surface area (Å²) in [5, 5.41) is 20.7. The van der Waals surface area contributed by atoms with Crippen molar-refractivity contribution in [1.29, 1.82) is 5.41 Å². The maximum atomic E-state index is 13.4. The Balaban J connectivity index is 1.97. The van der Waals surface area contributed by atoms with E-state index in [9.17, 15) is 27.5 Å². The minimum atomic E-state index is -4.52. The highest BCUT2D eigenvalue weighted by molar-refractivity contribution is 5.96. The number of hydrogen-bond donors (Lipinski definition) is 4. The van der Waals surface area contributed by atoms with E-state index in [0.717, 1.165) is 12.1 Å². The fourth-order valence-corrected chi connectivity index (χ4v) is 3.61. The van der Waals surface area contributed by atoms with E-state index in [0.29, 0.717) is 11.1 Å². The highest BCUT2D eigenvalue weighted by Gasteiger charge is 2.32. The van der Waals surface area contributed by atoms with Gasteiger partial charge in [0.2, 0.25) is 0 Å². The van der Waals surface area contributed by atoms with Crippen LogP contribution in [0.3, 0.4) is 0 Å². The van der Waals surface area contributed by atoms with Crippen molar-refractivity contribution in [3.63, 3.8) is 0 Å². The molecule has 5 nitrogen and oxygen atoms in total. The van der Waals surface area contributed by atoms with Crippen LogP contribution in [0, 0.1) is 11.2 Å². The van der Waals surface area contributed by atoms with Crippen molar-refractivity contribution < 1.29 is 27.5 Å². The molecule has 0 aliphatic rings. The summed E-state index contributed by atoms with van der Waals surface area (Å²) >= 11 is 0. The summed E-state index contributed by atoms with van der Waals surface area (Å²) in [6.45, 7) is -0.111. The number of phenolic OH excluding ortho intramolecular Hbond substituents is 1. The SMILES string of the molecule is N=C(N)C(c1ccc(F)cc1)C(CNC(=O)c1ccccc1O)c1ccc(C(F)(F)F)cc1. The van der Waals surface area contributed by atoms with Crippen LogP contribution >= 0.6 is 0 Å². The number of nitrogens with one attached hydrogen (secondary N) is 2. The monoisotopic (exact) mass is 459 g/mol. The summed E-state index contributed by atoms with van der Waals surface area (Å²) in [6, 6.07) is 15.5. The van der Waals surface area contributed by atoms with Crippen molar-refractivity contribution in [2.24, 2.45) is 5.73 Å². The Morgan fingerprint density at radius 1 is 0.970 bits per heavy atom. The van der Waals surface area contributed by atoms with Gasteiger partial charge >= 0.3 is 6.18 Å². The van der Waals surface area contributed by atoms with Crippen molar-refractivity contribution in [2.45, 2.75) is 18.0 Å². The van der Waals surface area contributed by atoms with Crippen LogP contribution in [0.15, 0.2) is 72.8 Å². The fourth-order valence-electron chi connectivity index (χ4n) is 3.61. The Bertz CT molecular complexity index is 1130. The second-order valence-corrected chi connectivity index (χ2v) is 7.44. The second kappa shape index (κ2) is 9.72.